The van der Waals surface area contributed by atoms with Gasteiger partial charge in [0, 0.05) is 22.6 Å². The minimum atomic E-state index is 0.226. The third kappa shape index (κ3) is 2.71. The lowest BCUT2D eigenvalue weighted by Crippen LogP contribution is -2.49. The maximum Gasteiger partial charge on any atom is 0.254 e. The van der Waals surface area contributed by atoms with Crippen LogP contribution in [0.1, 0.15) is 48.9 Å². The van der Waals surface area contributed by atoms with Crippen LogP contribution >= 0.6 is 15.9 Å². The van der Waals surface area contributed by atoms with Crippen molar-refractivity contribution >= 4 is 21.8 Å². The molecule has 2 fully saturated rings. The van der Waals surface area contributed by atoms with Gasteiger partial charge in [-0.25, -0.2) is 0 Å². The number of hydrogen-bond acceptors (Lipinski definition) is 1. The van der Waals surface area contributed by atoms with Crippen LogP contribution in [0.5, 0.6) is 0 Å². The second-order valence-corrected chi connectivity index (χ2v) is 6.68. The maximum absolute atomic E-state index is 12.7. The highest BCUT2D eigenvalue weighted by atomic mass is 79.9. The molecule has 19 heavy (non-hydrogen) atoms. The second-order valence-electron chi connectivity index (χ2n) is 5.76. The summed E-state index contributed by atoms with van der Waals surface area (Å²) in [7, 11) is 0. The van der Waals surface area contributed by atoms with Gasteiger partial charge in [0.25, 0.3) is 5.91 Å². The first-order chi connectivity index (χ1) is 9.25. The highest BCUT2D eigenvalue weighted by Gasteiger charge is 2.35. The molecule has 2 aliphatic rings. The van der Waals surface area contributed by atoms with Gasteiger partial charge >= 0.3 is 0 Å². The SMILES string of the molecule is O=C(c1ccc(Br)cc1)N1CCC[C@H]2CCCC[C@H]21. The Hall–Kier alpha value is -0.830. The van der Waals surface area contributed by atoms with Crippen LogP contribution in [-0.4, -0.2) is 23.4 Å². The summed E-state index contributed by atoms with van der Waals surface area (Å²) in [5.74, 6) is 0.978. The van der Waals surface area contributed by atoms with Gasteiger partial charge in [0.2, 0.25) is 0 Å². The van der Waals surface area contributed by atoms with E-state index in [9.17, 15) is 4.79 Å². The molecule has 1 saturated heterocycles. The van der Waals surface area contributed by atoms with Gasteiger partial charge in [-0.05, 0) is 55.9 Å². The number of halogens is 1. The Morgan fingerprint density at radius 1 is 1.05 bits per heavy atom. The first kappa shape index (κ1) is 13.2. The number of fused-ring (bicyclic) bond motifs is 1. The monoisotopic (exact) mass is 321 g/mol. The summed E-state index contributed by atoms with van der Waals surface area (Å²) in [4.78, 5) is 14.8. The number of rotatable bonds is 1. The third-order valence-corrected chi connectivity index (χ3v) is 5.12. The number of nitrogens with zero attached hydrogens (tertiary/aromatic N) is 1. The summed E-state index contributed by atoms with van der Waals surface area (Å²) in [5, 5.41) is 0. The van der Waals surface area contributed by atoms with E-state index in [4.69, 9.17) is 0 Å². The van der Waals surface area contributed by atoms with Gasteiger partial charge in [-0.15, -0.1) is 0 Å². The molecule has 1 aromatic rings. The first-order valence-corrected chi connectivity index (χ1v) is 8.11. The van der Waals surface area contributed by atoms with E-state index in [0.717, 1.165) is 22.5 Å². The summed E-state index contributed by atoms with van der Waals surface area (Å²) < 4.78 is 1.03. The summed E-state index contributed by atoms with van der Waals surface area (Å²) in [5.41, 5.74) is 0.828. The minimum Gasteiger partial charge on any atom is -0.335 e. The van der Waals surface area contributed by atoms with Gasteiger partial charge in [0.05, 0.1) is 0 Å². The second kappa shape index (κ2) is 5.66. The van der Waals surface area contributed by atoms with Crippen molar-refractivity contribution in [2.45, 2.75) is 44.6 Å². The fourth-order valence-electron chi connectivity index (χ4n) is 3.64. The lowest BCUT2D eigenvalue weighted by atomic mass is 9.78. The zero-order valence-electron chi connectivity index (χ0n) is 11.1. The fourth-order valence-corrected chi connectivity index (χ4v) is 3.90. The van der Waals surface area contributed by atoms with Gasteiger partial charge in [-0.1, -0.05) is 28.8 Å². The van der Waals surface area contributed by atoms with E-state index in [0.29, 0.717) is 6.04 Å². The Kier molecular flexibility index (Phi) is 3.92. The Morgan fingerprint density at radius 2 is 1.74 bits per heavy atom. The van der Waals surface area contributed by atoms with Gasteiger partial charge in [0.15, 0.2) is 0 Å². The van der Waals surface area contributed by atoms with E-state index in [2.05, 4.69) is 20.8 Å². The van der Waals surface area contributed by atoms with Crippen LogP contribution in [0.3, 0.4) is 0 Å². The highest BCUT2D eigenvalue weighted by Crippen LogP contribution is 2.35. The van der Waals surface area contributed by atoms with Crippen molar-refractivity contribution in [1.29, 1.82) is 0 Å². The van der Waals surface area contributed by atoms with Crippen molar-refractivity contribution in [3.05, 3.63) is 34.3 Å². The molecule has 1 aromatic carbocycles. The number of piperidine rings is 1. The van der Waals surface area contributed by atoms with Gasteiger partial charge < -0.3 is 4.90 Å². The molecule has 2 nitrogen and oxygen atoms in total. The number of likely N-dealkylation sites (tertiary alicyclic amines) is 1. The predicted molar refractivity (Wildman–Crippen MR) is 80.2 cm³/mol. The van der Waals surface area contributed by atoms with Crippen molar-refractivity contribution in [3.63, 3.8) is 0 Å². The molecule has 1 saturated carbocycles. The Bertz CT molecular complexity index is 454. The maximum atomic E-state index is 12.7. The standard InChI is InChI=1S/C16H20BrNO/c17-14-9-7-13(8-10-14)16(19)18-11-3-5-12-4-1-2-6-15(12)18/h7-10,12,15H,1-6,11H2/t12-,15-/m1/s1. The molecule has 1 heterocycles. The van der Waals surface area contributed by atoms with Crippen molar-refractivity contribution in [1.82, 2.24) is 4.90 Å². The number of amides is 1. The van der Waals surface area contributed by atoms with E-state index in [1.807, 2.05) is 24.3 Å². The van der Waals surface area contributed by atoms with Crippen LogP contribution in [0.2, 0.25) is 0 Å². The fraction of sp³-hybridized carbons (Fsp3) is 0.562. The molecule has 0 aromatic heterocycles. The van der Waals surface area contributed by atoms with Crippen LogP contribution in [-0.2, 0) is 0 Å². The largest absolute Gasteiger partial charge is 0.335 e. The van der Waals surface area contributed by atoms with E-state index in [1.54, 1.807) is 0 Å². The summed E-state index contributed by atoms with van der Waals surface area (Å²) in [6.07, 6.45) is 7.63. The molecule has 3 heteroatoms. The van der Waals surface area contributed by atoms with Crippen molar-refractivity contribution in [2.75, 3.05) is 6.54 Å². The molecular formula is C16H20BrNO. The predicted octanol–water partition coefficient (Wildman–Crippen LogP) is 4.24. The van der Waals surface area contributed by atoms with Gasteiger partial charge in [0.1, 0.15) is 0 Å². The minimum absolute atomic E-state index is 0.226. The van der Waals surface area contributed by atoms with Crippen LogP contribution in [0.4, 0.5) is 0 Å². The lowest BCUT2D eigenvalue weighted by molar-refractivity contribution is 0.0390. The number of benzene rings is 1. The van der Waals surface area contributed by atoms with E-state index < -0.39 is 0 Å². The Morgan fingerprint density at radius 3 is 2.53 bits per heavy atom. The van der Waals surface area contributed by atoms with Crippen LogP contribution in [0.25, 0.3) is 0 Å². The zero-order chi connectivity index (χ0) is 13.2. The van der Waals surface area contributed by atoms with E-state index in [1.165, 1.54) is 38.5 Å². The van der Waals surface area contributed by atoms with Gasteiger partial charge in [-0.3, -0.25) is 4.79 Å². The van der Waals surface area contributed by atoms with Crippen molar-refractivity contribution in [2.24, 2.45) is 5.92 Å². The van der Waals surface area contributed by atoms with Crippen molar-refractivity contribution < 1.29 is 4.79 Å². The molecule has 0 N–H and O–H groups in total. The van der Waals surface area contributed by atoms with Crippen LogP contribution < -0.4 is 0 Å². The van der Waals surface area contributed by atoms with Crippen LogP contribution in [0.15, 0.2) is 28.7 Å². The quantitative estimate of drug-likeness (QED) is 0.757. The van der Waals surface area contributed by atoms with E-state index >= 15 is 0 Å². The number of carbonyl (C=O) groups is 1. The molecule has 3 rings (SSSR count). The molecule has 0 radical (unpaired) electrons. The Labute approximate surface area is 123 Å². The van der Waals surface area contributed by atoms with E-state index in [-0.39, 0.29) is 5.91 Å². The first-order valence-electron chi connectivity index (χ1n) is 7.32. The molecular weight excluding hydrogens is 302 g/mol. The molecule has 1 aliphatic carbocycles. The number of carbonyl (C=O) groups excluding carboxylic acids is 1. The molecule has 0 unspecified atom stereocenters. The van der Waals surface area contributed by atoms with Gasteiger partial charge in [-0.2, -0.15) is 0 Å². The number of hydrogen-bond donors (Lipinski definition) is 0. The smallest absolute Gasteiger partial charge is 0.254 e. The third-order valence-electron chi connectivity index (χ3n) is 4.60. The molecule has 102 valence electrons. The average molecular weight is 322 g/mol. The highest BCUT2D eigenvalue weighted by molar-refractivity contribution is 9.10. The molecule has 1 aliphatic heterocycles. The summed E-state index contributed by atoms with van der Waals surface area (Å²) in [6, 6.07) is 8.27. The van der Waals surface area contributed by atoms with Crippen LogP contribution in [0, 0.1) is 5.92 Å². The molecule has 0 spiro atoms. The topological polar surface area (TPSA) is 20.3 Å². The lowest BCUT2D eigenvalue weighted by Gasteiger charge is -2.44. The summed E-state index contributed by atoms with van der Waals surface area (Å²) >= 11 is 3.42. The molecule has 1 amide bonds. The van der Waals surface area contributed by atoms with Crippen molar-refractivity contribution in [3.8, 4) is 0 Å². The molecule has 2 atom stereocenters. The Balaban J connectivity index is 1.79. The average Bonchev–Trinajstić information content (AvgIpc) is 2.47. The summed E-state index contributed by atoms with van der Waals surface area (Å²) in [6.45, 7) is 0.941. The normalized spacial score (nSPS) is 26.9. The zero-order valence-corrected chi connectivity index (χ0v) is 12.7. The molecule has 0 bridgehead atoms.